The summed E-state index contributed by atoms with van der Waals surface area (Å²) < 4.78 is 0. The van der Waals surface area contributed by atoms with Crippen LogP contribution in [0.2, 0.25) is 0 Å². The summed E-state index contributed by atoms with van der Waals surface area (Å²) in [5.74, 6) is 0. The minimum Gasteiger partial charge on any atom is -0.396 e. The van der Waals surface area contributed by atoms with Crippen molar-refractivity contribution in [1.29, 1.82) is 0 Å². The van der Waals surface area contributed by atoms with E-state index >= 15 is 0 Å². The van der Waals surface area contributed by atoms with Gasteiger partial charge in [0.25, 0.3) is 0 Å². The Balaban J connectivity index is 1.96. The highest BCUT2D eigenvalue weighted by molar-refractivity contribution is 5.38. The van der Waals surface area contributed by atoms with Crippen LogP contribution < -0.4 is 5.32 Å². The monoisotopic (exact) mass is 261 g/mol. The van der Waals surface area contributed by atoms with E-state index in [0.29, 0.717) is 18.1 Å². The summed E-state index contributed by atoms with van der Waals surface area (Å²) in [5.41, 5.74) is 3.31. The van der Waals surface area contributed by atoms with Crippen LogP contribution in [-0.2, 0) is 5.41 Å². The normalized spacial score (nSPS) is 21.1. The van der Waals surface area contributed by atoms with Crippen LogP contribution in [0.5, 0.6) is 0 Å². The van der Waals surface area contributed by atoms with Crippen molar-refractivity contribution in [3.05, 3.63) is 35.4 Å². The van der Waals surface area contributed by atoms with Crippen molar-refractivity contribution in [2.45, 2.75) is 57.4 Å². The van der Waals surface area contributed by atoms with Gasteiger partial charge in [-0.3, -0.25) is 0 Å². The fraction of sp³-hybridized carbons (Fsp3) is 0.647. The second kappa shape index (κ2) is 6.53. The Kier molecular flexibility index (Phi) is 5.00. The van der Waals surface area contributed by atoms with Crippen LogP contribution in [-0.4, -0.2) is 18.3 Å². The molecule has 0 heterocycles. The summed E-state index contributed by atoms with van der Waals surface area (Å²) in [5, 5.41) is 12.5. The molecule has 0 aromatic heterocycles. The van der Waals surface area contributed by atoms with Crippen molar-refractivity contribution >= 4 is 0 Å². The summed E-state index contributed by atoms with van der Waals surface area (Å²) in [7, 11) is 0. The van der Waals surface area contributed by atoms with Crippen LogP contribution in [0.3, 0.4) is 0 Å². The molecular formula is C17H27NO. The van der Waals surface area contributed by atoms with Crippen LogP contribution in [0, 0.1) is 0 Å². The van der Waals surface area contributed by atoms with E-state index in [2.05, 4.69) is 43.4 Å². The third kappa shape index (κ3) is 3.58. The number of unbranched alkanes of at least 4 members (excludes halogenated alkanes) is 2. The van der Waals surface area contributed by atoms with Gasteiger partial charge in [0.2, 0.25) is 0 Å². The fourth-order valence-corrected chi connectivity index (χ4v) is 3.11. The number of fused-ring (bicyclic) bond motifs is 1. The predicted octanol–water partition coefficient (Wildman–Crippen LogP) is 3.55. The van der Waals surface area contributed by atoms with Crippen molar-refractivity contribution in [1.82, 2.24) is 5.32 Å². The minimum absolute atomic E-state index is 0.311. The van der Waals surface area contributed by atoms with Crippen LogP contribution in [0.4, 0.5) is 0 Å². The first-order valence-electron chi connectivity index (χ1n) is 7.59. The Morgan fingerprint density at radius 2 is 2.00 bits per heavy atom. The lowest BCUT2D eigenvalue weighted by Crippen LogP contribution is -2.33. The molecule has 0 saturated carbocycles. The third-order valence-electron chi connectivity index (χ3n) is 4.35. The highest BCUT2D eigenvalue weighted by Crippen LogP contribution is 2.41. The zero-order valence-corrected chi connectivity index (χ0v) is 12.3. The highest BCUT2D eigenvalue weighted by Gasteiger charge is 2.31. The van der Waals surface area contributed by atoms with Crippen molar-refractivity contribution in [2.24, 2.45) is 0 Å². The van der Waals surface area contributed by atoms with Gasteiger partial charge in [0, 0.05) is 12.6 Å². The average molecular weight is 261 g/mol. The molecule has 2 rings (SSSR count). The second-order valence-electron chi connectivity index (χ2n) is 6.30. The number of hydrogen-bond donors (Lipinski definition) is 2. The van der Waals surface area contributed by atoms with Crippen molar-refractivity contribution in [2.75, 3.05) is 13.2 Å². The number of nitrogens with one attached hydrogen (secondary N) is 1. The zero-order chi connectivity index (χ0) is 13.7. The predicted molar refractivity (Wildman–Crippen MR) is 80.4 cm³/mol. The first kappa shape index (κ1) is 14.5. The Hall–Kier alpha value is -0.860. The molecule has 1 aliphatic rings. The molecule has 0 amide bonds. The Labute approximate surface area is 117 Å². The van der Waals surface area contributed by atoms with Crippen LogP contribution in [0.1, 0.15) is 63.1 Å². The Morgan fingerprint density at radius 3 is 2.79 bits per heavy atom. The van der Waals surface area contributed by atoms with E-state index in [1.807, 2.05) is 0 Å². The molecule has 2 N–H and O–H groups in total. The molecule has 0 fully saturated rings. The molecule has 2 nitrogen and oxygen atoms in total. The summed E-state index contributed by atoms with van der Waals surface area (Å²) >= 11 is 0. The second-order valence-corrected chi connectivity index (χ2v) is 6.30. The minimum atomic E-state index is 0.311. The molecule has 106 valence electrons. The summed E-state index contributed by atoms with van der Waals surface area (Å²) in [6.07, 6.45) is 5.67. The van der Waals surface area contributed by atoms with E-state index in [1.54, 1.807) is 0 Å². The van der Waals surface area contributed by atoms with Gasteiger partial charge in [-0.2, -0.15) is 0 Å². The Morgan fingerprint density at radius 1 is 1.21 bits per heavy atom. The molecular weight excluding hydrogens is 234 g/mol. The van der Waals surface area contributed by atoms with Gasteiger partial charge < -0.3 is 10.4 Å². The lowest BCUT2D eigenvalue weighted by atomic mass is 9.71. The molecule has 0 radical (unpaired) electrons. The molecule has 0 spiro atoms. The maximum Gasteiger partial charge on any atom is 0.0431 e. The van der Waals surface area contributed by atoms with Crippen molar-refractivity contribution in [3.8, 4) is 0 Å². The number of rotatable bonds is 6. The molecule has 0 bridgehead atoms. The molecule has 0 saturated heterocycles. The van der Waals surface area contributed by atoms with Crippen LogP contribution in [0.25, 0.3) is 0 Å². The van der Waals surface area contributed by atoms with E-state index in [9.17, 15) is 0 Å². The number of benzene rings is 1. The van der Waals surface area contributed by atoms with Gasteiger partial charge in [0.15, 0.2) is 0 Å². The van der Waals surface area contributed by atoms with Gasteiger partial charge in [0.1, 0.15) is 0 Å². The molecule has 1 atom stereocenters. The van der Waals surface area contributed by atoms with E-state index in [0.717, 1.165) is 25.8 Å². The maximum absolute atomic E-state index is 8.78. The Bertz CT molecular complexity index is 400. The molecule has 2 heteroatoms. The molecule has 1 aliphatic carbocycles. The van der Waals surface area contributed by atoms with Crippen molar-refractivity contribution < 1.29 is 5.11 Å². The van der Waals surface area contributed by atoms with Gasteiger partial charge in [-0.25, -0.2) is 0 Å². The lowest BCUT2D eigenvalue weighted by Gasteiger charge is -2.37. The number of aliphatic hydroxyl groups is 1. The average Bonchev–Trinajstić information content (AvgIpc) is 2.41. The molecule has 1 aromatic carbocycles. The fourth-order valence-electron chi connectivity index (χ4n) is 3.11. The van der Waals surface area contributed by atoms with Gasteiger partial charge >= 0.3 is 0 Å². The number of hydrogen-bond acceptors (Lipinski definition) is 2. The van der Waals surface area contributed by atoms with Gasteiger partial charge in [-0.05, 0) is 55.2 Å². The van der Waals surface area contributed by atoms with Crippen LogP contribution >= 0.6 is 0 Å². The van der Waals surface area contributed by atoms with Gasteiger partial charge in [-0.15, -0.1) is 0 Å². The van der Waals surface area contributed by atoms with Gasteiger partial charge in [0.05, 0.1) is 0 Å². The molecule has 0 aliphatic heterocycles. The highest BCUT2D eigenvalue weighted by atomic mass is 16.2. The van der Waals surface area contributed by atoms with E-state index in [-0.39, 0.29) is 0 Å². The quantitative estimate of drug-likeness (QED) is 0.768. The van der Waals surface area contributed by atoms with E-state index in [4.69, 9.17) is 5.11 Å². The first-order chi connectivity index (χ1) is 9.15. The summed E-state index contributed by atoms with van der Waals surface area (Å²) in [6.45, 7) is 6.08. The molecule has 1 unspecified atom stereocenters. The third-order valence-corrected chi connectivity index (χ3v) is 4.35. The van der Waals surface area contributed by atoms with Crippen molar-refractivity contribution in [3.63, 3.8) is 0 Å². The standard InChI is InChI=1S/C17H27NO/c1-17(2)11-10-16(18-12-6-3-7-13-19)14-8-4-5-9-15(14)17/h4-5,8-9,16,18-19H,3,6-7,10-13H2,1-2H3. The smallest absolute Gasteiger partial charge is 0.0431 e. The summed E-state index contributed by atoms with van der Waals surface area (Å²) in [6, 6.07) is 9.39. The largest absolute Gasteiger partial charge is 0.396 e. The lowest BCUT2D eigenvalue weighted by molar-refractivity contribution is 0.281. The molecule has 19 heavy (non-hydrogen) atoms. The first-order valence-corrected chi connectivity index (χ1v) is 7.59. The maximum atomic E-state index is 8.78. The topological polar surface area (TPSA) is 32.3 Å². The zero-order valence-electron chi connectivity index (χ0n) is 12.3. The van der Waals surface area contributed by atoms with Gasteiger partial charge in [-0.1, -0.05) is 38.1 Å². The van der Waals surface area contributed by atoms with E-state index in [1.165, 1.54) is 24.0 Å². The summed E-state index contributed by atoms with van der Waals surface area (Å²) in [4.78, 5) is 0. The van der Waals surface area contributed by atoms with Crippen LogP contribution in [0.15, 0.2) is 24.3 Å². The number of aliphatic hydroxyl groups excluding tert-OH is 1. The van der Waals surface area contributed by atoms with E-state index < -0.39 is 0 Å². The molecule has 1 aromatic rings. The SMILES string of the molecule is CC1(C)CCC(NCCCCCO)c2ccccc21.